The van der Waals surface area contributed by atoms with E-state index in [4.69, 9.17) is 4.74 Å². The van der Waals surface area contributed by atoms with E-state index in [0.29, 0.717) is 0 Å². The highest BCUT2D eigenvalue weighted by Crippen LogP contribution is 2.32. The van der Waals surface area contributed by atoms with Gasteiger partial charge in [-0.15, -0.1) is 0 Å². The lowest BCUT2D eigenvalue weighted by molar-refractivity contribution is 0.101. The predicted octanol–water partition coefficient (Wildman–Crippen LogP) is 1.74. The van der Waals surface area contributed by atoms with Crippen molar-refractivity contribution >= 4 is 5.78 Å². The number of halogens is 1. The number of carbonyl (C=O) groups is 1. The summed E-state index contributed by atoms with van der Waals surface area (Å²) in [5.74, 6) is -1.84. The molecule has 0 amide bonds. The highest BCUT2D eigenvalue weighted by Gasteiger charge is 2.15. The molecule has 70 valence electrons. The lowest BCUT2D eigenvalue weighted by Crippen LogP contribution is -1.98. The standard InChI is InChI=1S/C9H9FO3/c1-5(11)6-3-4-7(10)8(12)9(6)13-2/h3-4,12H,1-2H3. The van der Waals surface area contributed by atoms with Crippen molar-refractivity contribution in [2.45, 2.75) is 6.92 Å². The zero-order valence-corrected chi connectivity index (χ0v) is 7.30. The number of carbonyl (C=O) groups excluding carboxylic acids is 1. The molecule has 0 saturated carbocycles. The van der Waals surface area contributed by atoms with Crippen molar-refractivity contribution in [3.8, 4) is 11.5 Å². The maximum Gasteiger partial charge on any atom is 0.195 e. The third-order valence-corrected chi connectivity index (χ3v) is 1.67. The minimum Gasteiger partial charge on any atom is -0.502 e. The van der Waals surface area contributed by atoms with Crippen LogP contribution in [0.25, 0.3) is 0 Å². The van der Waals surface area contributed by atoms with Gasteiger partial charge in [0.1, 0.15) is 0 Å². The lowest BCUT2D eigenvalue weighted by Gasteiger charge is -2.07. The second kappa shape index (κ2) is 3.43. The van der Waals surface area contributed by atoms with Crippen LogP contribution in [-0.2, 0) is 0 Å². The summed E-state index contributed by atoms with van der Waals surface area (Å²) in [5, 5.41) is 9.18. The van der Waals surface area contributed by atoms with E-state index in [1.54, 1.807) is 0 Å². The molecule has 0 radical (unpaired) electrons. The molecule has 13 heavy (non-hydrogen) atoms. The molecule has 1 rings (SSSR count). The summed E-state index contributed by atoms with van der Waals surface area (Å²) in [4.78, 5) is 11.0. The van der Waals surface area contributed by atoms with E-state index in [1.165, 1.54) is 20.1 Å². The molecule has 4 heteroatoms. The molecule has 1 aromatic rings. The largest absolute Gasteiger partial charge is 0.502 e. The number of methoxy groups -OCH3 is 1. The lowest BCUT2D eigenvalue weighted by atomic mass is 10.1. The summed E-state index contributed by atoms with van der Waals surface area (Å²) >= 11 is 0. The minimum atomic E-state index is -0.804. The fraction of sp³-hybridized carbons (Fsp3) is 0.222. The SMILES string of the molecule is COc1c(C(C)=O)ccc(F)c1O. The quantitative estimate of drug-likeness (QED) is 0.712. The molecule has 0 aliphatic heterocycles. The minimum absolute atomic E-state index is 0.118. The van der Waals surface area contributed by atoms with Gasteiger partial charge in [-0.25, -0.2) is 4.39 Å². The topological polar surface area (TPSA) is 46.5 Å². The van der Waals surface area contributed by atoms with E-state index < -0.39 is 11.6 Å². The molecule has 1 N–H and O–H groups in total. The molecule has 0 unspecified atom stereocenters. The number of phenolic OH excluding ortho intramolecular Hbond substituents is 1. The Balaban J connectivity index is 3.38. The van der Waals surface area contributed by atoms with Crippen molar-refractivity contribution in [2.24, 2.45) is 0 Å². The van der Waals surface area contributed by atoms with E-state index in [0.717, 1.165) is 6.07 Å². The smallest absolute Gasteiger partial charge is 0.195 e. The Labute approximate surface area is 74.8 Å². The van der Waals surface area contributed by atoms with Gasteiger partial charge in [0.25, 0.3) is 0 Å². The zero-order chi connectivity index (χ0) is 10.0. The Bertz CT molecular complexity index is 347. The van der Waals surface area contributed by atoms with Crippen LogP contribution in [0.1, 0.15) is 17.3 Å². The van der Waals surface area contributed by atoms with Crippen molar-refractivity contribution < 1.29 is 19.0 Å². The summed E-state index contributed by atoms with van der Waals surface area (Å²) in [6, 6.07) is 2.30. The van der Waals surface area contributed by atoms with E-state index >= 15 is 0 Å². The summed E-state index contributed by atoms with van der Waals surface area (Å²) in [5.41, 5.74) is 0.168. The Kier molecular flexibility index (Phi) is 2.51. The highest BCUT2D eigenvalue weighted by molar-refractivity contribution is 5.97. The molecule has 3 nitrogen and oxygen atoms in total. The van der Waals surface area contributed by atoms with E-state index in [9.17, 15) is 14.3 Å². The van der Waals surface area contributed by atoms with Crippen molar-refractivity contribution in [3.63, 3.8) is 0 Å². The highest BCUT2D eigenvalue weighted by atomic mass is 19.1. The first-order valence-electron chi connectivity index (χ1n) is 3.64. The third kappa shape index (κ3) is 1.61. The van der Waals surface area contributed by atoms with Gasteiger partial charge in [0.05, 0.1) is 12.7 Å². The Morgan fingerprint density at radius 2 is 2.15 bits per heavy atom. The van der Waals surface area contributed by atoms with Crippen LogP contribution in [0, 0.1) is 5.82 Å². The number of hydrogen-bond donors (Lipinski definition) is 1. The molecule has 0 saturated heterocycles. The van der Waals surface area contributed by atoms with Crippen molar-refractivity contribution in [3.05, 3.63) is 23.5 Å². The Morgan fingerprint density at radius 1 is 1.54 bits per heavy atom. The Morgan fingerprint density at radius 3 is 2.62 bits per heavy atom. The summed E-state index contributed by atoms with van der Waals surface area (Å²) in [6.45, 7) is 1.31. The molecule has 0 atom stereocenters. The monoisotopic (exact) mass is 184 g/mol. The molecule has 1 aromatic carbocycles. The number of hydrogen-bond acceptors (Lipinski definition) is 3. The average molecular weight is 184 g/mol. The molecule has 0 bridgehead atoms. The van der Waals surface area contributed by atoms with E-state index in [1.807, 2.05) is 0 Å². The second-order valence-electron chi connectivity index (χ2n) is 2.53. The third-order valence-electron chi connectivity index (χ3n) is 1.67. The normalized spacial score (nSPS) is 9.77. The first-order chi connectivity index (χ1) is 6.07. The number of Topliss-reactive ketones (excluding diaryl/α,β-unsaturated/α-hetero) is 1. The van der Waals surface area contributed by atoms with Crippen LogP contribution < -0.4 is 4.74 Å². The molecule has 0 fully saturated rings. The van der Waals surface area contributed by atoms with Gasteiger partial charge in [-0.05, 0) is 19.1 Å². The fourth-order valence-electron chi connectivity index (χ4n) is 1.03. The van der Waals surface area contributed by atoms with Gasteiger partial charge in [-0.3, -0.25) is 4.79 Å². The zero-order valence-electron chi connectivity index (χ0n) is 7.30. The summed E-state index contributed by atoms with van der Waals surface area (Å²) in [6.07, 6.45) is 0. The van der Waals surface area contributed by atoms with Gasteiger partial charge in [0.15, 0.2) is 23.1 Å². The van der Waals surface area contributed by atoms with Gasteiger partial charge in [-0.1, -0.05) is 0 Å². The molecule has 0 aliphatic carbocycles. The molecule has 0 aliphatic rings. The van der Waals surface area contributed by atoms with Gasteiger partial charge in [0.2, 0.25) is 0 Å². The first kappa shape index (κ1) is 9.51. The number of rotatable bonds is 2. The fourth-order valence-corrected chi connectivity index (χ4v) is 1.03. The van der Waals surface area contributed by atoms with Gasteiger partial charge < -0.3 is 9.84 Å². The number of aromatic hydroxyl groups is 1. The van der Waals surface area contributed by atoms with Crippen LogP contribution in [-0.4, -0.2) is 18.0 Å². The van der Waals surface area contributed by atoms with E-state index in [2.05, 4.69) is 0 Å². The van der Waals surface area contributed by atoms with Crippen LogP contribution >= 0.6 is 0 Å². The van der Waals surface area contributed by atoms with Crippen LogP contribution in [0.4, 0.5) is 4.39 Å². The first-order valence-corrected chi connectivity index (χ1v) is 3.64. The summed E-state index contributed by atoms with van der Waals surface area (Å²) in [7, 11) is 1.26. The molecule has 0 aromatic heterocycles. The van der Waals surface area contributed by atoms with Crippen LogP contribution in [0.3, 0.4) is 0 Å². The molecule has 0 heterocycles. The number of benzene rings is 1. The van der Waals surface area contributed by atoms with Gasteiger partial charge in [-0.2, -0.15) is 0 Å². The maximum absolute atomic E-state index is 12.8. The predicted molar refractivity (Wildman–Crippen MR) is 44.6 cm³/mol. The van der Waals surface area contributed by atoms with Crippen LogP contribution in [0.5, 0.6) is 11.5 Å². The van der Waals surface area contributed by atoms with Crippen LogP contribution in [0.2, 0.25) is 0 Å². The molecular formula is C9H9FO3. The van der Waals surface area contributed by atoms with Crippen molar-refractivity contribution in [1.82, 2.24) is 0 Å². The van der Waals surface area contributed by atoms with E-state index in [-0.39, 0.29) is 17.1 Å². The second-order valence-corrected chi connectivity index (χ2v) is 2.53. The van der Waals surface area contributed by atoms with Gasteiger partial charge >= 0.3 is 0 Å². The molecular weight excluding hydrogens is 175 g/mol. The average Bonchev–Trinajstić information content (AvgIpc) is 2.09. The van der Waals surface area contributed by atoms with Crippen LogP contribution in [0.15, 0.2) is 12.1 Å². The van der Waals surface area contributed by atoms with Crippen molar-refractivity contribution in [1.29, 1.82) is 0 Å². The number of ether oxygens (including phenoxy) is 1. The maximum atomic E-state index is 12.8. The summed E-state index contributed by atoms with van der Waals surface area (Å²) < 4.78 is 17.5. The Hall–Kier alpha value is -1.58. The number of phenols is 1. The number of ketones is 1. The van der Waals surface area contributed by atoms with Crippen molar-refractivity contribution in [2.75, 3.05) is 7.11 Å². The molecule has 0 spiro atoms. The van der Waals surface area contributed by atoms with Gasteiger partial charge in [0, 0.05) is 0 Å².